The molecule has 0 radical (unpaired) electrons. The molecule has 0 unspecified atom stereocenters. The van der Waals surface area contributed by atoms with Gasteiger partial charge in [-0.1, -0.05) is 39.5 Å². The molecule has 1 aliphatic carbocycles. The molecule has 0 aliphatic heterocycles. The standard InChI is InChI=1S/C15H30N2O/c1-4-15(3,5-2)16-12-14(18)17-13-10-8-6-7-9-11-13/h13,16H,4-12H2,1-3H3,(H,17,18). The molecular formula is C15H30N2O. The van der Waals surface area contributed by atoms with E-state index in [0.717, 1.165) is 25.7 Å². The first-order valence-electron chi connectivity index (χ1n) is 7.64. The molecule has 0 bridgehead atoms. The lowest BCUT2D eigenvalue weighted by Gasteiger charge is -2.28. The third-order valence-electron chi connectivity index (χ3n) is 4.46. The van der Waals surface area contributed by atoms with Gasteiger partial charge in [0.1, 0.15) is 0 Å². The highest BCUT2D eigenvalue weighted by Gasteiger charge is 2.20. The van der Waals surface area contributed by atoms with Gasteiger partial charge >= 0.3 is 0 Å². The molecule has 1 saturated carbocycles. The van der Waals surface area contributed by atoms with Gasteiger partial charge < -0.3 is 10.6 Å². The molecule has 2 N–H and O–H groups in total. The van der Waals surface area contributed by atoms with Crippen LogP contribution >= 0.6 is 0 Å². The minimum Gasteiger partial charge on any atom is -0.352 e. The monoisotopic (exact) mass is 254 g/mol. The number of amides is 1. The van der Waals surface area contributed by atoms with Crippen LogP contribution in [0.1, 0.15) is 72.1 Å². The number of hydrogen-bond acceptors (Lipinski definition) is 2. The minimum atomic E-state index is 0.0980. The van der Waals surface area contributed by atoms with E-state index in [2.05, 4.69) is 31.4 Å². The zero-order valence-corrected chi connectivity index (χ0v) is 12.3. The molecule has 1 rings (SSSR count). The van der Waals surface area contributed by atoms with Crippen molar-refractivity contribution in [2.45, 2.75) is 83.7 Å². The second-order valence-electron chi connectivity index (χ2n) is 5.88. The molecule has 3 heteroatoms. The van der Waals surface area contributed by atoms with Crippen molar-refractivity contribution in [2.75, 3.05) is 6.54 Å². The fraction of sp³-hybridized carbons (Fsp3) is 0.933. The largest absolute Gasteiger partial charge is 0.352 e. The van der Waals surface area contributed by atoms with Crippen molar-refractivity contribution in [3.63, 3.8) is 0 Å². The highest BCUT2D eigenvalue weighted by molar-refractivity contribution is 5.78. The first kappa shape index (κ1) is 15.5. The van der Waals surface area contributed by atoms with Crippen molar-refractivity contribution in [2.24, 2.45) is 0 Å². The normalized spacial score (nSPS) is 18.4. The average molecular weight is 254 g/mol. The summed E-state index contributed by atoms with van der Waals surface area (Å²) in [5, 5.41) is 6.57. The second-order valence-corrected chi connectivity index (χ2v) is 5.88. The van der Waals surface area contributed by atoms with Crippen LogP contribution in [-0.2, 0) is 4.79 Å². The lowest BCUT2D eigenvalue weighted by molar-refractivity contribution is -0.121. The van der Waals surface area contributed by atoms with Gasteiger partial charge in [-0.05, 0) is 32.6 Å². The molecule has 0 atom stereocenters. The fourth-order valence-electron chi connectivity index (χ4n) is 2.50. The van der Waals surface area contributed by atoms with Crippen molar-refractivity contribution < 1.29 is 4.79 Å². The van der Waals surface area contributed by atoms with Crippen molar-refractivity contribution in [1.82, 2.24) is 10.6 Å². The molecule has 1 fully saturated rings. The lowest BCUT2D eigenvalue weighted by atomic mass is 9.95. The summed E-state index contributed by atoms with van der Waals surface area (Å²) >= 11 is 0. The summed E-state index contributed by atoms with van der Waals surface area (Å²) in [6.07, 6.45) is 9.61. The number of carbonyl (C=O) groups excluding carboxylic acids is 1. The average Bonchev–Trinajstić information content (AvgIpc) is 2.64. The Morgan fingerprint density at radius 1 is 1.11 bits per heavy atom. The minimum absolute atomic E-state index is 0.0980. The van der Waals surface area contributed by atoms with Crippen LogP contribution in [0.2, 0.25) is 0 Å². The Morgan fingerprint density at radius 3 is 2.17 bits per heavy atom. The van der Waals surface area contributed by atoms with Gasteiger partial charge in [-0.3, -0.25) is 4.79 Å². The van der Waals surface area contributed by atoms with Gasteiger partial charge in [0.15, 0.2) is 0 Å². The van der Waals surface area contributed by atoms with Crippen LogP contribution in [0, 0.1) is 0 Å². The first-order valence-corrected chi connectivity index (χ1v) is 7.64. The Hall–Kier alpha value is -0.570. The summed E-state index contributed by atoms with van der Waals surface area (Å²) < 4.78 is 0. The van der Waals surface area contributed by atoms with Gasteiger partial charge in [0, 0.05) is 11.6 Å². The van der Waals surface area contributed by atoms with E-state index in [9.17, 15) is 4.79 Å². The predicted octanol–water partition coefficient (Wildman–Crippen LogP) is 2.99. The van der Waals surface area contributed by atoms with Crippen LogP contribution in [0.4, 0.5) is 0 Å². The predicted molar refractivity (Wildman–Crippen MR) is 76.6 cm³/mol. The van der Waals surface area contributed by atoms with Crippen LogP contribution in [-0.4, -0.2) is 24.0 Å². The summed E-state index contributed by atoms with van der Waals surface area (Å²) in [4.78, 5) is 11.9. The Kier molecular flexibility index (Phi) is 6.69. The highest BCUT2D eigenvalue weighted by Crippen LogP contribution is 2.17. The molecule has 3 nitrogen and oxygen atoms in total. The fourth-order valence-corrected chi connectivity index (χ4v) is 2.50. The van der Waals surface area contributed by atoms with Crippen LogP contribution < -0.4 is 10.6 Å². The number of hydrogen-bond donors (Lipinski definition) is 2. The third-order valence-corrected chi connectivity index (χ3v) is 4.46. The van der Waals surface area contributed by atoms with E-state index in [1.54, 1.807) is 0 Å². The Bertz CT molecular complexity index is 241. The Balaban J connectivity index is 2.28. The Morgan fingerprint density at radius 2 is 1.67 bits per heavy atom. The molecule has 0 spiro atoms. The topological polar surface area (TPSA) is 41.1 Å². The molecular weight excluding hydrogens is 224 g/mol. The van der Waals surface area contributed by atoms with Gasteiger partial charge in [0.2, 0.25) is 5.91 Å². The summed E-state index contributed by atoms with van der Waals surface area (Å²) in [7, 11) is 0. The molecule has 1 amide bonds. The zero-order valence-electron chi connectivity index (χ0n) is 12.3. The summed E-state index contributed by atoms with van der Waals surface area (Å²) in [5.74, 6) is 0.162. The van der Waals surface area contributed by atoms with E-state index < -0.39 is 0 Å². The van der Waals surface area contributed by atoms with Crippen molar-refractivity contribution in [1.29, 1.82) is 0 Å². The van der Waals surface area contributed by atoms with Crippen molar-refractivity contribution in [3.05, 3.63) is 0 Å². The van der Waals surface area contributed by atoms with Gasteiger partial charge in [-0.15, -0.1) is 0 Å². The molecule has 0 aromatic heterocycles. The number of carbonyl (C=O) groups is 1. The quantitative estimate of drug-likeness (QED) is 0.715. The molecule has 0 aromatic carbocycles. The number of rotatable bonds is 6. The second kappa shape index (κ2) is 7.78. The van der Waals surface area contributed by atoms with E-state index in [-0.39, 0.29) is 11.4 Å². The summed E-state index contributed by atoms with van der Waals surface area (Å²) in [6, 6.07) is 0.413. The smallest absolute Gasteiger partial charge is 0.234 e. The maximum atomic E-state index is 11.9. The molecule has 18 heavy (non-hydrogen) atoms. The van der Waals surface area contributed by atoms with E-state index in [4.69, 9.17) is 0 Å². The highest BCUT2D eigenvalue weighted by atomic mass is 16.2. The van der Waals surface area contributed by atoms with Crippen LogP contribution in [0.5, 0.6) is 0 Å². The zero-order chi connectivity index (χ0) is 13.4. The molecule has 0 aromatic rings. The molecule has 0 heterocycles. The summed E-state index contributed by atoms with van der Waals surface area (Å²) in [5.41, 5.74) is 0.0980. The first-order chi connectivity index (χ1) is 8.59. The third kappa shape index (κ3) is 5.38. The Labute approximate surface area is 112 Å². The number of nitrogens with one attached hydrogen (secondary N) is 2. The maximum Gasteiger partial charge on any atom is 0.234 e. The van der Waals surface area contributed by atoms with E-state index in [0.29, 0.717) is 12.6 Å². The van der Waals surface area contributed by atoms with Gasteiger partial charge in [0.05, 0.1) is 6.54 Å². The van der Waals surface area contributed by atoms with Crippen LogP contribution in [0.25, 0.3) is 0 Å². The van der Waals surface area contributed by atoms with Crippen LogP contribution in [0.15, 0.2) is 0 Å². The lowest BCUT2D eigenvalue weighted by Crippen LogP contribution is -2.48. The van der Waals surface area contributed by atoms with E-state index in [1.807, 2.05) is 0 Å². The molecule has 106 valence electrons. The molecule has 0 saturated heterocycles. The van der Waals surface area contributed by atoms with Crippen molar-refractivity contribution in [3.8, 4) is 0 Å². The SMILES string of the molecule is CCC(C)(CC)NCC(=O)NC1CCCCCC1. The van der Waals surface area contributed by atoms with Gasteiger partial charge in [-0.2, -0.15) is 0 Å². The van der Waals surface area contributed by atoms with Gasteiger partial charge in [-0.25, -0.2) is 0 Å². The van der Waals surface area contributed by atoms with Crippen molar-refractivity contribution >= 4 is 5.91 Å². The summed E-state index contributed by atoms with van der Waals surface area (Å²) in [6.45, 7) is 6.97. The van der Waals surface area contributed by atoms with E-state index >= 15 is 0 Å². The van der Waals surface area contributed by atoms with Gasteiger partial charge in [0.25, 0.3) is 0 Å². The maximum absolute atomic E-state index is 11.9. The van der Waals surface area contributed by atoms with E-state index in [1.165, 1.54) is 25.7 Å². The van der Waals surface area contributed by atoms with Crippen LogP contribution in [0.3, 0.4) is 0 Å². The molecule has 1 aliphatic rings.